The van der Waals surface area contributed by atoms with E-state index in [0.717, 1.165) is 6.92 Å². The van der Waals surface area contributed by atoms with Gasteiger partial charge in [0.25, 0.3) is 0 Å². The molecule has 0 aliphatic heterocycles. The topological polar surface area (TPSA) is 26.3 Å². The van der Waals surface area contributed by atoms with E-state index in [1.807, 2.05) is 0 Å². The Labute approximate surface area is 154 Å². The molecule has 10 heteroatoms. The Morgan fingerprint density at radius 3 is 2.04 bits per heavy atom. The van der Waals surface area contributed by atoms with Gasteiger partial charge >= 0.3 is 12.1 Å². The van der Waals surface area contributed by atoms with Crippen LogP contribution in [0, 0.1) is 41.5 Å². The highest BCUT2D eigenvalue weighted by molar-refractivity contribution is 6.30. The Kier molecular flexibility index (Phi) is 5.58. The molecule has 2 rings (SSSR count). The van der Waals surface area contributed by atoms with Crippen LogP contribution in [0.5, 0.6) is 0 Å². The molecule has 1 aromatic carbocycles. The minimum Gasteiger partial charge on any atom is -0.461 e. The fourth-order valence-corrected chi connectivity index (χ4v) is 2.81. The fraction of sp³-hybridized carbons (Fsp3) is 0.471. The lowest BCUT2D eigenvalue weighted by molar-refractivity contribution is -0.145. The van der Waals surface area contributed by atoms with Crippen LogP contribution in [0.1, 0.15) is 25.0 Å². The van der Waals surface area contributed by atoms with Crippen LogP contribution >= 0.6 is 11.6 Å². The first-order valence-electron chi connectivity index (χ1n) is 7.65. The first kappa shape index (κ1) is 21.5. The Hall–Kier alpha value is -1.77. The number of hydrogen-bond acceptors (Lipinski definition) is 2. The van der Waals surface area contributed by atoms with Crippen LogP contribution in [-0.4, -0.2) is 18.2 Å². The third-order valence-electron chi connectivity index (χ3n) is 4.56. The molecule has 1 aromatic rings. The minimum atomic E-state index is -4.77. The number of carbonyl (C=O) groups is 1. The maximum Gasteiger partial charge on any atom is 0.426 e. The zero-order valence-electron chi connectivity index (χ0n) is 14.3. The number of allylic oxidation sites excluding steroid dienone is 1. The Bertz CT molecular complexity index is 785. The molecule has 0 bridgehead atoms. The molecule has 2 nitrogen and oxygen atoms in total. The summed E-state index contributed by atoms with van der Waals surface area (Å²) >= 11 is 5.16. The zero-order chi connectivity index (χ0) is 20.9. The molecule has 1 aliphatic carbocycles. The van der Waals surface area contributed by atoms with Crippen molar-refractivity contribution in [1.82, 2.24) is 0 Å². The number of benzene rings is 1. The first-order chi connectivity index (χ1) is 12.2. The van der Waals surface area contributed by atoms with Crippen molar-refractivity contribution in [2.45, 2.75) is 39.5 Å². The second-order valence-electron chi connectivity index (χ2n) is 6.81. The molecule has 0 radical (unpaired) electrons. The minimum absolute atomic E-state index is 0.686. The zero-order valence-corrected chi connectivity index (χ0v) is 15.0. The van der Waals surface area contributed by atoms with Crippen LogP contribution in [0.25, 0.3) is 0 Å². The van der Waals surface area contributed by atoms with Crippen LogP contribution in [0.15, 0.2) is 11.1 Å². The summed E-state index contributed by atoms with van der Waals surface area (Å²) in [4.78, 5) is 11.9. The number of rotatable bonds is 4. The maximum absolute atomic E-state index is 13.8. The molecule has 0 aromatic heterocycles. The van der Waals surface area contributed by atoms with Crippen LogP contribution < -0.4 is 0 Å². The molecule has 1 fully saturated rings. The molecular weight excluding hydrogens is 405 g/mol. The van der Waals surface area contributed by atoms with E-state index in [0.29, 0.717) is 6.08 Å². The Morgan fingerprint density at radius 2 is 1.59 bits per heavy atom. The number of halogens is 8. The first-order valence-corrected chi connectivity index (χ1v) is 8.02. The highest BCUT2D eigenvalue weighted by Gasteiger charge is 2.60. The third kappa shape index (κ3) is 4.07. The van der Waals surface area contributed by atoms with Gasteiger partial charge in [0.15, 0.2) is 23.3 Å². The normalized spacial score (nSPS) is 22.0. The van der Waals surface area contributed by atoms with E-state index >= 15 is 0 Å². The van der Waals surface area contributed by atoms with Gasteiger partial charge in [-0.05, 0) is 6.92 Å². The average Bonchev–Trinajstić information content (AvgIpc) is 3.06. The van der Waals surface area contributed by atoms with Crippen molar-refractivity contribution in [2.75, 3.05) is 0 Å². The van der Waals surface area contributed by atoms with Crippen LogP contribution in [0.4, 0.5) is 30.7 Å². The molecule has 1 saturated carbocycles. The summed E-state index contributed by atoms with van der Waals surface area (Å²) in [5, 5.41) is -1.39. The number of hydrogen-bond donors (Lipinski definition) is 0. The summed E-state index contributed by atoms with van der Waals surface area (Å²) in [5.74, 6) is -8.85. The fourth-order valence-electron chi connectivity index (χ4n) is 2.68. The summed E-state index contributed by atoms with van der Waals surface area (Å²) in [6.45, 7) is 3.82. The Balaban J connectivity index is 2.16. The molecular formula is C17H14ClF7O2. The molecule has 0 unspecified atom stereocenters. The summed E-state index contributed by atoms with van der Waals surface area (Å²) in [6, 6.07) is 0. The van der Waals surface area contributed by atoms with E-state index in [2.05, 4.69) is 0 Å². The SMILES string of the molecule is Cc1c(F)c(F)c(CC(=O)O[C@H]2[C@H](/C=C(/Cl)C(F)(F)F)C2(C)C)c(F)c1F. The van der Waals surface area contributed by atoms with Gasteiger partial charge in [0, 0.05) is 22.5 Å². The highest BCUT2D eigenvalue weighted by atomic mass is 35.5. The van der Waals surface area contributed by atoms with Crippen molar-refractivity contribution in [3.8, 4) is 0 Å². The predicted molar refractivity (Wildman–Crippen MR) is 81.9 cm³/mol. The summed E-state index contributed by atoms with van der Waals surface area (Å²) < 4.78 is 97.1. The largest absolute Gasteiger partial charge is 0.461 e. The lowest BCUT2D eigenvalue weighted by atomic mass is 10.1. The monoisotopic (exact) mass is 418 g/mol. The molecule has 0 N–H and O–H groups in total. The molecule has 150 valence electrons. The molecule has 0 heterocycles. The standard InChI is InChI=1S/C17H14ClF7O2/c1-6-11(19)13(21)7(14(22)12(6)20)4-10(26)27-15-8(16(15,2)3)5-9(18)17(23,24)25/h5,8,15H,4H2,1-3H3/b9-5+/t8-,15-/m0/s1. The van der Waals surface area contributed by atoms with Gasteiger partial charge in [-0.25, -0.2) is 17.6 Å². The van der Waals surface area contributed by atoms with Crippen molar-refractivity contribution in [3.63, 3.8) is 0 Å². The van der Waals surface area contributed by atoms with Gasteiger partial charge in [0.05, 0.1) is 6.42 Å². The molecule has 0 saturated heterocycles. The molecule has 0 amide bonds. The van der Waals surface area contributed by atoms with E-state index in [9.17, 15) is 35.5 Å². The van der Waals surface area contributed by atoms with E-state index in [-0.39, 0.29) is 0 Å². The third-order valence-corrected chi connectivity index (χ3v) is 4.90. The smallest absolute Gasteiger partial charge is 0.426 e. The van der Waals surface area contributed by atoms with Gasteiger partial charge in [-0.1, -0.05) is 31.5 Å². The number of carbonyl (C=O) groups excluding carboxylic acids is 1. The van der Waals surface area contributed by atoms with Gasteiger partial charge < -0.3 is 4.74 Å². The van der Waals surface area contributed by atoms with Crippen molar-refractivity contribution in [3.05, 3.63) is 45.5 Å². The van der Waals surface area contributed by atoms with Gasteiger partial charge in [-0.3, -0.25) is 4.79 Å². The lowest BCUT2D eigenvalue weighted by Crippen LogP contribution is -2.16. The van der Waals surface area contributed by atoms with Gasteiger partial charge in [0.2, 0.25) is 0 Å². The molecule has 0 spiro atoms. The molecule has 1 aliphatic rings. The number of alkyl halides is 3. The van der Waals surface area contributed by atoms with E-state index in [4.69, 9.17) is 16.3 Å². The van der Waals surface area contributed by atoms with E-state index in [1.165, 1.54) is 13.8 Å². The quantitative estimate of drug-likeness (QED) is 0.374. The number of ether oxygens (including phenoxy) is 1. The van der Waals surface area contributed by atoms with Gasteiger partial charge in [-0.2, -0.15) is 13.2 Å². The van der Waals surface area contributed by atoms with E-state index in [1.54, 1.807) is 0 Å². The second kappa shape index (κ2) is 7.00. The molecule has 27 heavy (non-hydrogen) atoms. The lowest BCUT2D eigenvalue weighted by Gasteiger charge is -2.10. The average molecular weight is 419 g/mol. The van der Waals surface area contributed by atoms with Crippen molar-refractivity contribution >= 4 is 17.6 Å². The summed E-state index contributed by atoms with van der Waals surface area (Å²) in [7, 11) is 0. The van der Waals surface area contributed by atoms with Crippen LogP contribution in [0.2, 0.25) is 0 Å². The number of esters is 1. The second-order valence-corrected chi connectivity index (χ2v) is 7.21. The summed E-state index contributed by atoms with van der Waals surface area (Å²) in [6.07, 6.45) is -6.24. The summed E-state index contributed by atoms with van der Waals surface area (Å²) in [5.41, 5.74) is -2.93. The predicted octanol–water partition coefficient (Wildman–Crippen LogP) is 5.35. The van der Waals surface area contributed by atoms with Crippen LogP contribution in [-0.2, 0) is 16.0 Å². The van der Waals surface area contributed by atoms with Crippen molar-refractivity contribution < 1.29 is 40.3 Å². The highest BCUT2D eigenvalue weighted by Crippen LogP contribution is 2.56. The Morgan fingerprint density at radius 1 is 1.11 bits per heavy atom. The van der Waals surface area contributed by atoms with Crippen molar-refractivity contribution in [2.24, 2.45) is 11.3 Å². The van der Waals surface area contributed by atoms with Crippen LogP contribution in [0.3, 0.4) is 0 Å². The van der Waals surface area contributed by atoms with Gasteiger partial charge in [-0.15, -0.1) is 0 Å². The molecule has 2 atom stereocenters. The van der Waals surface area contributed by atoms with E-state index < -0.39 is 75.4 Å². The maximum atomic E-state index is 13.8. The van der Waals surface area contributed by atoms with Crippen molar-refractivity contribution in [1.29, 1.82) is 0 Å². The van der Waals surface area contributed by atoms with Gasteiger partial charge in [0.1, 0.15) is 11.1 Å².